The van der Waals surface area contributed by atoms with Gasteiger partial charge in [0.05, 0.1) is 23.6 Å². The zero-order chi connectivity index (χ0) is 22.7. The van der Waals surface area contributed by atoms with Gasteiger partial charge in [0, 0.05) is 30.9 Å². The van der Waals surface area contributed by atoms with Crippen LogP contribution in [0.25, 0.3) is 0 Å². The molecular weight excluding hydrogens is 518 g/mol. The van der Waals surface area contributed by atoms with E-state index in [1.165, 1.54) is 11.3 Å². The SMILES string of the molecule is Cc1cc(NC(=O)C2(NC(=O)Oc3ccc(Br)s3)CCOC2)ccc1N1CCOCC1=S. The van der Waals surface area contributed by atoms with Crippen molar-refractivity contribution in [2.45, 2.75) is 18.9 Å². The third-order valence-corrected chi connectivity index (χ3v) is 7.11. The highest BCUT2D eigenvalue weighted by atomic mass is 79.9. The number of thiocarbonyl (C=S) groups is 1. The Kier molecular flexibility index (Phi) is 7.11. The number of hydrogen-bond donors (Lipinski definition) is 2. The second-order valence-electron chi connectivity index (χ2n) is 7.51. The van der Waals surface area contributed by atoms with Gasteiger partial charge in [0.2, 0.25) is 0 Å². The van der Waals surface area contributed by atoms with E-state index in [9.17, 15) is 9.59 Å². The Bertz CT molecular complexity index is 1040. The molecule has 3 heterocycles. The number of halogens is 1. The number of aryl methyl sites for hydroxylation is 1. The Morgan fingerprint density at radius 3 is 2.75 bits per heavy atom. The van der Waals surface area contributed by atoms with E-state index in [4.69, 9.17) is 26.4 Å². The number of hydrogen-bond acceptors (Lipinski definition) is 7. The van der Waals surface area contributed by atoms with Gasteiger partial charge in [-0.25, -0.2) is 4.79 Å². The summed E-state index contributed by atoms with van der Waals surface area (Å²) in [6.45, 7) is 4.14. The number of thiophene rings is 1. The summed E-state index contributed by atoms with van der Waals surface area (Å²) in [6, 6.07) is 9.09. The number of amides is 2. The fourth-order valence-electron chi connectivity index (χ4n) is 3.62. The third kappa shape index (κ3) is 5.12. The highest BCUT2D eigenvalue weighted by Gasteiger charge is 2.44. The van der Waals surface area contributed by atoms with Crippen LogP contribution in [0, 0.1) is 6.92 Å². The molecule has 32 heavy (non-hydrogen) atoms. The molecule has 1 aromatic heterocycles. The van der Waals surface area contributed by atoms with Crippen molar-refractivity contribution in [3.8, 4) is 5.06 Å². The van der Waals surface area contributed by atoms with Crippen LogP contribution in [0.2, 0.25) is 0 Å². The van der Waals surface area contributed by atoms with Crippen LogP contribution in [0.3, 0.4) is 0 Å². The summed E-state index contributed by atoms with van der Waals surface area (Å²) in [5, 5.41) is 6.04. The van der Waals surface area contributed by atoms with Crippen molar-refractivity contribution < 1.29 is 23.8 Å². The fraction of sp³-hybridized carbons (Fsp3) is 0.381. The number of morpholine rings is 1. The molecule has 1 unspecified atom stereocenters. The summed E-state index contributed by atoms with van der Waals surface area (Å²) in [7, 11) is 0. The molecule has 2 aromatic rings. The number of anilines is 2. The largest absolute Gasteiger partial charge is 0.414 e. The molecule has 0 spiro atoms. The Balaban J connectivity index is 1.45. The number of nitrogens with one attached hydrogen (secondary N) is 2. The lowest BCUT2D eigenvalue weighted by molar-refractivity contribution is -0.122. The number of carbonyl (C=O) groups is 2. The first-order valence-corrected chi connectivity index (χ1v) is 12.0. The van der Waals surface area contributed by atoms with Gasteiger partial charge in [-0.3, -0.25) is 4.79 Å². The van der Waals surface area contributed by atoms with Crippen LogP contribution in [-0.2, 0) is 14.3 Å². The van der Waals surface area contributed by atoms with E-state index in [2.05, 4.69) is 26.6 Å². The maximum atomic E-state index is 13.2. The van der Waals surface area contributed by atoms with Gasteiger partial charge in [0.1, 0.15) is 10.5 Å². The second kappa shape index (κ2) is 9.84. The monoisotopic (exact) mass is 539 g/mol. The van der Waals surface area contributed by atoms with Crippen LogP contribution in [-0.4, -0.2) is 55.5 Å². The van der Waals surface area contributed by atoms with Crippen molar-refractivity contribution in [1.82, 2.24) is 5.32 Å². The number of ether oxygens (including phenoxy) is 3. The van der Waals surface area contributed by atoms with E-state index in [0.29, 0.717) is 43.5 Å². The Hall–Kier alpha value is -2.05. The van der Waals surface area contributed by atoms with Crippen LogP contribution >= 0.6 is 39.5 Å². The topological polar surface area (TPSA) is 89.1 Å². The van der Waals surface area contributed by atoms with Gasteiger partial charge in [-0.15, -0.1) is 0 Å². The lowest BCUT2D eigenvalue weighted by Crippen LogP contribution is -2.58. The van der Waals surface area contributed by atoms with Crippen molar-refractivity contribution in [2.24, 2.45) is 0 Å². The van der Waals surface area contributed by atoms with E-state index in [1.807, 2.05) is 30.0 Å². The lowest BCUT2D eigenvalue weighted by Gasteiger charge is -2.31. The van der Waals surface area contributed by atoms with Gasteiger partial charge in [0.15, 0.2) is 5.06 Å². The van der Waals surface area contributed by atoms with E-state index in [1.54, 1.807) is 12.1 Å². The van der Waals surface area contributed by atoms with Crippen LogP contribution in [0.1, 0.15) is 12.0 Å². The standard InChI is InChI=1S/C21H22BrN3O5S2/c1-13-10-14(2-3-15(13)25-7-9-28-11-17(25)31)23-19(26)21(6-8-29-12-21)24-20(27)30-18-5-4-16(22)32-18/h2-5,10H,6-9,11-12H2,1H3,(H,23,26)(H,24,27). The minimum absolute atomic E-state index is 0.0706. The molecule has 8 nitrogen and oxygen atoms in total. The van der Waals surface area contributed by atoms with Gasteiger partial charge >= 0.3 is 6.09 Å². The number of carbonyl (C=O) groups excluding carboxylic acids is 2. The first-order valence-electron chi connectivity index (χ1n) is 10.00. The number of benzene rings is 1. The molecule has 2 aliphatic rings. The molecule has 0 aliphatic carbocycles. The van der Waals surface area contributed by atoms with Crippen LogP contribution in [0.5, 0.6) is 5.06 Å². The van der Waals surface area contributed by atoms with E-state index < -0.39 is 11.6 Å². The zero-order valence-electron chi connectivity index (χ0n) is 17.3. The molecular formula is C21H22BrN3O5S2. The van der Waals surface area contributed by atoms with Gasteiger partial charge < -0.3 is 29.7 Å². The average Bonchev–Trinajstić information content (AvgIpc) is 3.38. The number of nitrogens with zero attached hydrogens (tertiary/aromatic N) is 1. The van der Waals surface area contributed by atoms with E-state index in [0.717, 1.165) is 20.0 Å². The molecule has 0 saturated carbocycles. The van der Waals surface area contributed by atoms with E-state index >= 15 is 0 Å². The van der Waals surface area contributed by atoms with Crippen molar-refractivity contribution >= 4 is 67.8 Å². The predicted molar refractivity (Wildman–Crippen MR) is 130 cm³/mol. The summed E-state index contributed by atoms with van der Waals surface area (Å²) >= 11 is 10.0. The molecule has 0 bridgehead atoms. The Morgan fingerprint density at radius 1 is 1.25 bits per heavy atom. The van der Waals surface area contributed by atoms with E-state index in [-0.39, 0.29) is 12.5 Å². The summed E-state index contributed by atoms with van der Waals surface area (Å²) in [4.78, 5) is 28.4. The molecule has 2 amide bonds. The average molecular weight is 540 g/mol. The van der Waals surface area contributed by atoms with Gasteiger partial charge in [0.25, 0.3) is 5.91 Å². The third-order valence-electron chi connectivity index (χ3n) is 5.27. The Morgan fingerprint density at radius 2 is 2.09 bits per heavy atom. The van der Waals surface area contributed by atoms with Crippen molar-refractivity contribution in [2.75, 3.05) is 43.2 Å². The summed E-state index contributed by atoms with van der Waals surface area (Å²) in [6.07, 6.45) is -0.353. The molecule has 0 radical (unpaired) electrons. The molecule has 170 valence electrons. The Labute approximate surface area is 203 Å². The van der Waals surface area contributed by atoms with Gasteiger partial charge in [-0.2, -0.15) is 0 Å². The summed E-state index contributed by atoms with van der Waals surface area (Å²) in [5.41, 5.74) is 1.38. The fourth-order valence-corrected chi connectivity index (χ4v) is 5.09. The smallest absolute Gasteiger partial charge is 0.399 e. The molecule has 2 N–H and O–H groups in total. The van der Waals surface area contributed by atoms with Crippen molar-refractivity contribution in [3.05, 3.63) is 39.7 Å². The van der Waals surface area contributed by atoms with Crippen molar-refractivity contribution in [1.29, 1.82) is 0 Å². The molecule has 4 rings (SSSR count). The summed E-state index contributed by atoms with van der Waals surface area (Å²) in [5.74, 6) is -0.353. The van der Waals surface area contributed by atoms with Crippen LogP contribution in [0.15, 0.2) is 34.1 Å². The van der Waals surface area contributed by atoms with Gasteiger partial charge in [-0.05, 0) is 58.7 Å². The number of rotatable bonds is 5. The normalized spacial score (nSPS) is 20.8. The minimum atomic E-state index is -1.20. The van der Waals surface area contributed by atoms with Crippen LogP contribution in [0.4, 0.5) is 16.2 Å². The quantitative estimate of drug-likeness (QED) is 0.557. The van der Waals surface area contributed by atoms with Gasteiger partial charge in [-0.1, -0.05) is 23.6 Å². The predicted octanol–water partition coefficient (Wildman–Crippen LogP) is 3.87. The summed E-state index contributed by atoms with van der Waals surface area (Å²) < 4.78 is 17.0. The zero-order valence-corrected chi connectivity index (χ0v) is 20.5. The molecule has 2 fully saturated rings. The highest BCUT2D eigenvalue weighted by molar-refractivity contribution is 9.11. The first-order chi connectivity index (χ1) is 15.4. The van der Waals surface area contributed by atoms with Crippen molar-refractivity contribution in [3.63, 3.8) is 0 Å². The maximum Gasteiger partial charge on any atom is 0.414 e. The molecule has 1 aromatic carbocycles. The van der Waals surface area contributed by atoms with Crippen LogP contribution < -0.4 is 20.3 Å². The lowest BCUT2D eigenvalue weighted by atomic mass is 9.97. The highest BCUT2D eigenvalue weighted by Crippen LogP contribution is 2.30. The first kappa shape index (κ1) is 23.1. The molecule has 11 heteroatoms. The maximum absolute atomic E-state index is 13.2. The minimum Gasteiger partial charge on any atom is -0.399 e. The molecule has 2 saturated heterocycles. The second-order valence-corrected chi connectivity index (χ2v) is 10.4. The molecule has 1 atom stereocenters. The molecule has 2 aliphatic heterocycles.